The van der Waals surface area contributed by atoms with Crippen molar-refractivity contribution in [1.82, 2.24) is 20.0 Å². The lowest BCUT2D eigenvalue weighted by Crippen LogP contribution is -2.55. The number of halogens is 1. The van der Waals surface area contributed by atoms with Gasteiger partial charge in [-0.1, -0.05) is 26.0 Å². The number of para-hydroxylation sites is 1. The molecule has 158 valence electrons. The summed E-state index contributed by atoms with van der Waals surface area (Å²) in [6.07, 6.45) is 3.54. The van der Waals surface area contributed by atoms with Crippen molar-refractivity contribution in [1.29, 1.82) is 0 Å². The number of piperidine rings is 1. The SMILES string of the molecule is CC(C)Cc1cc(CN2CCC[C@H](N3CCN(c4ccccc4F)CC3)C2)[nH]n1. The highest BCUT2D eigenvalue weighted by molar-refractivity contribution is 5.48. The van der Waals surface area contributed by atoms with Gasteiger partial charge in [0.05, 0.1) is 11.4 Å². The summed E-state index contributed by atoms with van der Waals surface area (Å²) in [6.45, 7) is 11.5. The number of hydrogen-bond donors (Lipinski definition) is 1. The first-order valence-electron chi connectivity index (χ1n) is 11.1. The molecule has 6 heteroatoms. The number of rotatable bonds is 6. The first-order valence-corrected chi connectivity index (χ1v) is 11.1. The maximum atomic E-state index is 14.1. The topological polar surface area (TPSA) is 38.4 Å². The van der Waals surface area contributed by atoms with Crippen molar-refractivity contribution in [3.63, 3.8) is 0 Å². The van der Waals surface area contributed by atoms with E-state index in [-0.39, 0.29) is 5.82 Å². The minimum Gasteiger partial charge on any atom is -0.367 e. The fourth-order valence-electron chi connectivity index (χ4n) is 4.76. The van der Waals surface area contributed by atoms with Gasteiger partial charge < -0.3 is 4.90 Å². The van der Waals surface area contributed by atoms with E-state index in [1.165, 1.54) is 24.2 Å². The van der Waals surface area contributed by atoms with Crippen LogP contribution < -0.4 is 4.90 Å². The van der Waals surface area contributed by atoms with Gasteiger partial charge in [0.15, 0.2) is 0 Å². The van der Waals surface area contributed by atoms with Gasteiger partial charge in [-0.05, 0) is 49.9 Å². The predicted molar refractivity (Wildman–Crippen MR) is 116 cm³/mol. The monoisotopic (exact) mass is 399 g/mol. The number of benzene rings is 1. The summed E-state index contributed by atoms with van der Waals surface area (Å²) in [7, 11) is 0. The van der Waals surface area contributed by atoms with Crippen molar-refractivity contribution in [2.45, 2.75) is 45.7 Å². The van der Waals surface area contributed by atoms with Crippen molar-refractivity contribution >= 4 is 5.69 Å². The van der Waals surface area contributed by atoms with E-state index >= 15 is 0 Å². The Morgan fingerprint density at radius 1 is 1.14 bits per heavy atom. The fourth-order valence-corrected chi connectivity index (χ4v) is 4.76. The lowest BCUT2D eigenvalue weighted by molar-refractivity contribution is 0.0880. The van der Waals surface area contributed by atoms with Crippen LogP contribution in [0.3, 0.4) is 0 Å². The van der Waals surface area contributed by atoms with Crippen LogP contribution in [0.25, 0.3) is 0 Å². The fraction of sp³-hybridized carbons (Fsp3) is 0.609. The molecule has 5 nitrogen and oxygen atoms in total. The van der Waals surface area contributed by atoms with Gasteiger partial charge in [0, 0.05) is 51.0 Å². The molecule has 1 aromatic carbocycles. The van der Waals surface area contributed by atoms with Gasteiger partial charge in [0.25, 0.3) is 0 Å². The van der Waals surface area contributed by atoms with Gasteiger partial charge in [-0.15, -0.1) is 0 Å². The Bertz CT molecular complexity index is 781. The molecule has 2 aliphatic heterocycles. The molecule has 0 unspecified atom stereocenters. The van der Waals surface area contributed by atoms with Crippen molar-refractivity contribution < 1.29 is 4.39 Å². The Morgan fingerprint density at radius 2 is 1.93 bits per heavy atom. The molecule has 3 heterocycles. The molecular formula is C23H34FN5. The van der Waals surface area contributed by atoms with Crippen LogP contribution in [0, 0.1) is 11.7 Å². The van der Waals surface area contributed by atoms with Gasteiger partial charge in [-0.3, -0.25) is 14.9 Å². The summed E-state index contributed by atoms with van der Waals surface area (Å²) in [5, 5.41) is 7.71. The number of piperazine rings is 1. The van der Waals surface area contributed by atoms with E-state index in [4.69, 9.17) is 0 Å². The second-order valence-electron chi connectivity index (χ2n) is 8.99. The standard InChI is InChI=1S/C23H34FN5/c1-18(2)14-19-15-20(26-25-19)16-27-9-5-6-21(17-27)28-10-12-29(13-11-28)23-8-4-3-7-22(23)24/h3-4,7-8,15,18,21H,5-6,9-14,16-17H2,1-2H3,(H,25,26)/t21-/m0/s1. The number of aromatic nitrogens is 2. The number of H-pyrrole nitrogens is 1. The van der Waals surface area contributed by atoms with E-state index in [1.54, 1.807) is 12.1 Å². The number of nitrogens with one attached hydrogen (secondary N) is 1. The number of likely N-dealkylation sites (tertiary alicyclic amines) is 1. The lowest BCUT2D eigenvalue weighted by atomic mass is 10.0. The minimum atomic E-state index is -0.110. The summed E-state index contributed by atoms with van der Waals surface area (Å²) in [4.78, 5) is 7.36. The molecule has 0 saturated carbocycles. The molecule has 1 atom stereocenters. The van der Waals surface area contributed by atoms with Crippen molar-refractivity contribution in [2.24, 2.45) is 5.92 Å². The Hall–Kier alpha value is -1.92. The Balaban J connectivity index is 1.29. The Kier molecular flexibility index (Phi) is 6.50. The molecule has 1 aromatic heterocycles. The summed E-state index contributed by atoms with van der Waals surface area (Å²) in [6, 6.07) is 9.97. The van der Waals surface area contributed by atoms with Crippen molar-refractivity contribution in [3.05, 3.63) is 47.5 Å². The second-order valence-corrected chi connectivity index (χ2v) is 8.99. The highest BCUT2D eigenvalue weighted by Crippen LogP contribution is 2.23. The number of aromatic amines is 1. The zero-order valence-electron chi connectivity index (χ0n) is 17.8. The van der Waals surface area contributed by atoms with Gasteiger partial charge in [0.2, 0.25) is 0 Å². The molecule has 4 rings (SSSR count). The largest absolute Gasteiger partial charge is 0.367 e. The van der Waals surface area contributed by atoms with Crippen LogP contribution in [0.15, 0.2) is 30.3 Å². The maximum absolute atomic E-state index is 14.1. The molecule has 1 N–H and O–H groups in total. The molecule has 0 radical (unpaired) electrons. The van der Waals surface area contributed by atoms with Crippen LogP contribution >= 0.6 is 0 Å². The predicted octanol–water partition coefficient (Wildman–Crippen LogP) is 3.53. The molecular weight excluding hydrogens is 365 g/mol. The zero-order chi connectivity index (χ0) is 20.2. The Morgan fingerprint density at radius 3 is 2.69 bits per heavy atom. The number of anilines is 1. The molecule has 0 spiro atoms. The summed E-state index contributed by atoms with van der Waals surface area (Å²) in [5.41, 5.74) is 3.15. The van der Waals surface area contributed by atoms with Gasteiger partial charge in [-0.2, -0.15) is 5.10 Å². The molecule has 2 aliphatic rings. The van der Waals surface area contributed by atoms with Gasteiger partial charge in [0.1, 0.15) is 5.82 Å². The van der Waals surface area contributed by atoms with Crippen LogP contribution in [0.2, 0.25) is 0 Å². The molecule has 2 saturated heterocycles. The average molecular weight is 400 g/mol. The first kappa shape index (κ1) is 20.4. The van der Waals surface area contributed by atoms with E-state index in [0.29, 0.717) is 12.0 Å². The highest BCUT2D eigenvalue weighted by Gasteiger charge is 2.28. The highest BCUT2D eigenvalue weighted by atomic mass is 19.1. The van der Waals surface area contributed by atoms with Crippen LogP contribution in [0.4, 0.5) is 10.1 Å². The van der Waals surface area contributed by atoms with E-state index in [1.807, 2.05) is 12.1 Å². The van der Waals surface area contributed by atoms with E-state index < -0.39 is 0 Å². The quantitative estimate of drug-likeness (QED) is 0.806. The molecule has 0 amide bonds. The van der Waals surface area contributed by atoms with Gasteiger partial charge in [-0.25, -0.2) is 4.39 Å². The maximum Gasteiger partial charge on any atom is 0.146 e. The first-order chi connectivity index (χ1) is 14.1. The van der Waals surface area contributed by atoms with E-state index in [9.17, 15) is 4.39 Å². The van der Waals surface area contributed by atoms with Crippen LogP contribution in [0.5, 0.6) is 0 Å². The third kappa shape index (κ3) is 5.17. The summed E-state index contributed by atoms with van der Waals surface area (Å²) < 4.78 is 14.1. The molecule has 0 bridgehead atoms. The van der Waals surface area contributed by atoms with Crippen LogP contribution in [-0.2, 0) is 13.0 Å². The molecule has 0 aliphatic carbocycles. The molecule has 29 heavy (non-hydrogen) atoms. The van der Waals surface area contributed by atoms with Crippen LogP contribution in [0.1, 0.15) is 38.1 Å². The zero-order valence-corrected chi connectivity index (χ0v) is 17.8. The van der Waals surface area contributed by atoms with Crippen molar-refractivity contribution in [2.75, 3.05) is 44.2 Å². The average Bonchev–Trinajstić information content (AvgIpc) is 3.15. The molecule has 2 aromatic rings. The number of nitrogens with zero attached hydrogens (tertiary/aromatic N) is 4. The normalized spacial score (nSPS) is 21.8. The van der Waals surface area contributed by atoms with E-state index in [2.05, 4.69) is 44.8 Å². The van der Waals surface area contributed by atoms with Crippen LogP contribution in [-0.4, -0.2) is 65.3 Å². The summed E-state index contributed by atoms with van der Waals surface area (Å²) in [5.74, 6) is 0.523. The van der Waals surface area contributed by atoms with Crippen molar-refractivity contribution in [3.8, 4) is 0 Å². The second kappa shape index (κ2) is 9.26. The lowest BCUT2D eigenvalue weighted by Gasteiger charge is -2.44. The Labute approximate surface area is 173 Å². The third-order valence-electron chi connectivity index (χ3n) is 6.20. The molecule has 2 fully saturated rings. The minimum absolute atomic E-state index is 0.110. The third-order valence-corrected chi connectivity index (χ3v) is 6.20. The summed E-state index contributed by atoms with van der Waals surface area (Å²) >= 11 is 0. The number of hydrogen-bond acceptors (Lipinski definition) is 4. The van der Waals surface area contributed by atoms with E-state index in [0.717, 1.165) is 57.9 Å². The smallest absolute Gasteiger partial charge is 0.146 e. The van der Waals surface area contributed by atoms with Gasteiger partial charge >= 0.3 is 0 Å².